The monoisotopic (exact) mass is 2010 g/mol. The van der Waals surface area contributed by atoms with Crippen molar-refractivity contribution in [3.05, 3.63) is 106 Å². The zero-order valence-electron chi connectivity index (χ0n) is 68.6. The lowest BCUT2D eigenvalue weighted by Crippen LogP contribution is -2.45. The second-order valence-corrected chi connectivity index (χ2v) is 40.9. The van der Waals surface area contributed by atoms with Gasteiger partial charge in [0.25, 0.3) is 16.7 Å². The number of phosphoric ester groups is 6. The van der Waals surface area contributed by atoms with E-state index in [1.165, 1.54) is 68.5 Å². The average Bonchev–Trinajstić information content (AvgIpc) is 1.56. The van der Waals surface area contributed by atoms with E-state index in [9.17, 15) is 71.1 Å². The Labute approximate surface area is 748 Å². The number of alkyl halides is 1. The van der Waals surface area contributed by atoms with E-state index in [0.717, 1.165) is 10.9 Å². The van der Waals surface area contributed by atoms with Crippen molar-refractivity contribution in [1.29, 1.82) is 0 Å². The molecule has 11 aliphatic heterocycles. The number of anilines is 6. The number of aromatic nitrogens is 21. The lowest BCUT2D eigenvalue weighted by Gasteiger charge is -2.32. The van der Waals surface area contributed by atoms with Crippen molar-refractivity contribution >= 4 is 149 Å². The Bertz CT molecular complexity index is 7230. The van der Waals surface area contributed by atoms with Gasteiger partial charge in [-0.15, -0.1) is 0 Å². The predicted molar refractivity (Wildman–Crippen MR) is 442 cm³/mol. The Kier molecular flexibility index (Phi) is 22.8. The van der Waals surface area contributed by atoms with Crippen LogP contribution in [0.15, 0.2) is 89.1 Å². The van der Waals surface area contributed by atoms with Crippen molar-refractivity contribution < 1.29 is 153 Å². The maximum Gasteiger partial charge on any atom is 0.472 e. The van der Waals surface area contributed by atoms with Crippen LogP contribution in [0.4, 0.5) is 39.3 Å². The number of hydrogen-bond donors (Lipinski definition) is 15. The normalized spacial score (nSPS) is 38.3. The minimum absolute atomic E-state index is 0.00642. The minimum atomic E-state index is -5.18. The van der Waals surface area contributed by atoms with Crippen molar-refractivity contribution in [2.45, 2.75) is 148 Å². The third kappa shape index (κ3) is 16.7. The van der Waals surface area contributed by atoms with Crippen LogP contribution in [-0.2, 0) is 120 Å². The van der Waals surface area contributed by atoms with E-state index in [0.29, 0.717) is 50.6 Å². The molecule has 21 N–H and O–H groups in total. The molecular formula is C66H76FN27O35P6. The summed E-state index contributed by atoms with van der Waals surface area (Å²) in [5.41, 5.74) is 32.5. The topological polar surface area (TPSA) is 847 Å². The number of nitrogens with two attached hydrogens (primary N) is 6. The number of pyridine rings is 3. The molecule has 0 radical (unpaired) electrons. The van der Waals surface area contributed by atoms with Crippen LogP contribution in [0.25, 0.3) is 67.0 Å². The zero-order valence-corrected chi connectivity index (χ0v) is 74.0. The van der Waals surface area contributed by atoms with Gasteiger partial charge in [-0.1, -0.05) is 6.92 Å². The Morgan fingerprint density at radius 3 is 1.13 bits per heavy atom. The van der Waals surface area contributed by atoms with Gasteiger partial charge >= 0.3 is 46.9 Å². The summed E-state index contributed by atoms with van der Waals surface area (Å²) in [4.78, 5) is 158. The number of hydrogen-bond acceptors (Lipinski definition) is 47. The van der Waals surface area contributed by atoms with E-state index < -0.39 is 237 Å². The number of aromatic amines is 3. The molecule has 0 aliphatic carbocycles. The number of nitrogens with zero attached hydrogens (tertiary/aromatic N) is 18. The molecule has 10 bridgehead atoms. The van der Waals surface area contributed by atoms with Crippen LogP contribution < -0.4 is 51.1 Å². The van der Waals surface area contributed by atoms with Crippen LogP contribution in [0.3, 0.4) is 0 Å². The summed E-state index contributed by atoms with van der Waals surface area (Å²) < 4.78 is 217. The van der Waals surface area contributed by atoms with E-state index in [-0.39, 0.29) is 77.4 Å². The summed E-state index contributed by atoms with van der Waals surface area (Å²) in [5.74, 6) is -1.33. The van der Waals surface area contributed by atoms with Crippen molar-refractivity contribution in [3.63, 3.8) is 0 Å². The molecule has 69 heteroatoms. The molecule has 62 nitrogen and oxygen atoms in total. The highest BCUT2D eigenvalue weighted by Crippen LogP contribution is 2.63. The molecule has 23 rings (SSSR count). The van der Waals surface area contributed by atoms with E-state index in [1.807, 2.05) is 0 Å². The number of phosphoric acid groups is 6. The smallest absolute Gasteiger partial charge is 0.397 e. The summed E-state index contributed by atoms with van der Waals surface area (Å²) >= 11 is 0. The van der Waals surface area contributed by atoms with Crippen LogP contribution in [0.5, 0.6) is 0 Å². The first-order valence-corrected chi connectivity index (χ1v) is 49.3. The Hall–Kier alpha value is -10.0. The van der Waals surface area contributed by atoms with Crippen molar-refractivity contribution in [1.82, 2.24) is 102 Å². The first-order valence-electron chi connectivity index (χ1n) is 40.3. The summed E-state index contributed by atoms with van der Waals surface area (Å²) in [6.07, 6.45) is -12.1. The van der Waals surface area contributed by atoms with Crippen LogP contribution in [0, 0.1) is 5.92 Å². The molecule has 11 aliphatic rings. The van der Waals surface area contributed by atoms with Gasteiger partial charge in [0.05, 0.1) is 120 Å². The van der Waals surface area contributed by atoms with Gasteiger partial charge < -0.3 is 102 Å². The molecule has 23 heterocycles. The number of nitrogens with one attached hydrogen (secondary N) is 3. The van der Waals surface area contributed by atoms with Crippen LogP contribution in [0.2, 0.25) is 0 Å². The van der Waals surface area contributed by atoms with Gasteiger partial charge in [-0.25, -0.2) is 76.6 Å². The van der Waals surface area contributed by atoms with Crippen molar-refractivity contribution in [2.24, 2.45) is 5.92 Å². The Balaban J connectivity index is 0.000000121. The fourth-order valence-electron chi connectivity index (χ4n) is 17.7. The molecule has 0 spiro atoms. The second-order valence-electron chi connectivity index (χ2n) is 32.4. The van der Waals surface area contributed by atoms with E-state index >= 15 is 4.39 Å². The maximum atomic E-state index is 15.8. The number of nitrogen functional groups attached to an aromatic ring is 6. The predicted octanol–water partition coefficient (Wildman–Crippen LogP) is -0.0825. The molecule has 722 valence electrons. The summed E-state index contributed by atoms with van der Waals surface area (Å²) in [5, 5.41) is 0. The fraction of sp³-hybridized carbons (Fsp3) is 0.500. The first-order chi connectivity index (χ1) is 64.2. The minimum Gasteiger partial charge on any atom is -0.397 e. The van der Waals surface area contributed by atoms with E-state index in [4.69, 9.17) is 127 Å². The van der Waals surface area contributed by atoms with Gasteiger partial charge in [-0.2, -0.15) is 15.0 Å². The van der Waals surface area contributed by atoms with E-state index in [2.05, 4.69) is 74.8 Å². The largest absolute Gasteiger partial charge is 0.472 e. The standard InChI is InChI=1S/C22H24FN9O12P2.C22H25N9O12P2.C22H27N9O11P2/c23-10-9-3-39-45(34,35)44-15-14-20(31-6-27-11-8(24)1-2-26-16(11)31)42-22(15,4-38-14)5-40-46(36,37)43-13(10)19(41-9)32-7-28-12-17(32)29-21(25)30-18(12)33;23-10-1-2-25-16-12(10)26-7-30(16)20-14-15-22(41-20,5-37-14)6-39-45(35,36)42-11-3-9(4-38-44(33,34)43-15)40-19(11)31-8-27-13-17(31)28-21(24)29-18(13)32;1-9-16-13(40-20(9)30-7-26-14-11(23)2-3-25-17(14)30)6-38-43(33,34)41-12-4-10(5-37-44(35,36)42-16)39-21(12)31-8-27-15-18(31)28-22(24)29-19(15)32/h1-2,6-7,9-10,13-15,19-20H,3-5H2,(H2,24,26)(H,34,35)(H,36,37)(H3,25,29,30,33);1-2,7-9,11,14-15,19-20H,3-6H2,(H2,23,25)(H,33,34)(H,35,36)(H3,24,28,29,32);2-3,7-10,12-13,16,20-21H,4-6H2,1H3,(H2,23,25)(H,33,34)(H,35,36)(H3,24,28,29,32)/t9-,10-,13-,14-,15+,19-,20-,22-;9-,11-,14-,15?,19+,20+,22+;9-,10-,12+,13+,16-,20+,21+/m100/s1. The molecule has 135 heavy (non-hydrogen) atoms. The van der Waals surface area contributed by atoms with Gasteiger partial charge in [-0.05, 0) is 18.2 Å². The molecule has 0 aromatic carbocycles. The summed E-state index contributed by atoms with van der Waals surface area (Å²) in [6.45, 7) is -2.72. The van der Waals surface area contributed by atoms with Crippen LogP contribution >= 0.6 is 46.9 Å². The van der Waals surface area contributed by atoms with Gasteiger partial charge in [0.2, 0.25) is 17.8 Å². The molecule has 11 saturated heterocycles. The summed E-state index contributed by atoms with van der Waals surface area (Å²) in [6, 6.07) is 4.71. The van der Waals surface area contributed by atoms with Crippen molar-refractivity contribution in [3.8, 4) is 0 Å². The molecule has 11 fully saturated rings. The number of rotatable bonds is 6. The molecule has 0 amide bonds. The maximum absolute atomic E-state index is 15.8. The van der Waals surface area contributed by atoms with Crippen LogP contribution in [0.1, 0.15) is 57.1 Å². The third-order valence-electron chi connectivity index (χ3n) is 23.8. The molecule has 12 aromatic heterocycles. The number of H-pyrrole nitrogens is 3. The highest BCUT2D eigenvalue weighted by atomic mass is 31.2. The number of ether oxygens (including phenoxy) is 8. The lowest BCUT2D eigenvalue weighted by molar-refractivity contribution is -0.184. The molecule has 0 saturated carbocycles. The first kappa shape index (κ1) is 91.4. The van der Waals surface area contributed by atoms with Gasteiger partial charge in [0.1, 0.15) is 95.0 Å². The van der Waals surface area contributed by atoms with Crippen molar-refractivity contribution in [2.75, 3.05) is 87.3 Å². The fourth-order valence-corrected chi connectivity index (χ4v) is 23.7. The quantitative estimate of drug-likeness (QED) is 0.0968. The molecule has 7 unspecified atom stereocenters. The lowest BCUT2D eigenvalue weighted by atomic mass is 10.0. The third-order valence-corrected chi connectivity index (χ3v) is 29.7. The van der Waals surface area contributed by atoms with Gasteiger partial charge in [-0.3, -0.25) is 111 Å². The highest BCUT2D eigenvalue weighted by molar-refractivity contribution is 7.48. The van der Waals surface area contributed by atoms with Gasteiger partial charge in [0.15, 0.2) is 87.7 Å². The Morgan fingerprint density at radius 1 is 0.370 bits per heavy atom. The highest BCUT2D eigenvalue weighted by Gasteiger charge is 2.69. The van der Waals surface area contributed by atoms with Gasteiger partial charge in [0, 0.05) is 37.4 Å². The van der Waals surface area contributed by atoms with Crippen LogP contribution in [-0.4, -0.2) is 275 Å². The summed E-state index contributed by atoms with van der Waals surface area (Å²) in [7, 11) is -29.5. The zero-order chi connectivity index (χ0) is 94.4. The SMILES string of the molecule is C[C@H]1[C@@H]2OP(=O)(O)OC[C@@H]3C[C@@H](OP(=O)(O)OC[C@H]2O[C@H]1n1cnc2c(N)ccnc21)[C@H](n1cnc2c(=O)[nH]c(N)nc21)O3.Nc1nc2c(ncn2[C@@H]2O[C@@H]3COP(=O)(O)OC4[C@@H]5OC[C@]4(COP(=O)(O)O[C@H]2C3)O[C@H]5n2cnc3c(N)ccnc32)c(=O)[nH]1.Nc1nc2c(ncn2[C@@H]2O[C@@H]3COP(=O)(O)O[C@H]4[C@H]5OC[C@]4(COP(=O)(O)O[C@@H]2[C@@H]3F)O[C@H]5n2cnc3c(N)ccnc32)c(=O)[nH]1. The number of fused-ring (bicyclic) bond motifs is 13. The van der Waals surface area contributed by atoms with E-state index in [1.54, 1.807) is 29.7 Å². The average molecular weight is 2010 g/mol. The number of halogens is 1. The molecular weight excluding hydrogens is 1940 g/mol. The second kappa shape index (κ2) is 33.7. The molecule has 12 aromatic rings. The molecule has 28 atom stereocenters. The Morgan fingerprint density at radius 2 is 0.704 bits per heavy atom. The number of imidazole rings is 6.